The average molecular weight is 194 g/mol. The summed E-state index contributed by atoms with van der Waals surface area (Å²) >= 11 is 0. The van der Waals surface area contributed by atoms with Gasteiger partial charge in [-0.25, -0.2) is 0 Å². The normalized spacial score (nSPS) is 29.5. The highest BCUT2D eigenvalue weighted by atomic mass is 35.5. The van der Waals surface area contributed by atoms with Gasteiger partial charge in [0.15, 0.2) is 0 Å². The second kappa shape index (κ2) is 6.70. The van der Waals surface area contributed by atoms with Crippen LogP contribution < -0.4 is 5.73 Å². The zero-order valence-corrected chi connectivity index (χ0v) is 8.61. The molecule has 1 rings (SSSR count). The lowest BCUT2D eigenvalue weighted by Crippen LogP contribution is -2.32. The Morgan fingerprint density at radius 1 is 1.42 bits per heavy atom. The number of rotatable bonds is 3. The molecule has 0 aromatic rings. The Morgan fingerprint density at radius 2 is 2.17 bits per heavy atom. The van der Waals surface area contributed by atoms with Crippen LogP contribution in [0.25, 0.3) is 0 Å². The van der Waals surface area contributed by atoms with E-state index in [9.17, 15) is 0 Å². The van der Waals surface area contributed by atoms with E-state index in [4.69, 9.17) is 10.5 Å². The van der Waals surface area contributed by atoms with Crippen LogP contribution in [0.5, 0.6) is 0 Å². The fourth-order valence-electron chi connectivity index (χ4n) is 1.62. The van der Waals surface area contributed by atoms with Crippen LogP contribution in [0.3, 0.4) is 0 Å². The van der Waals surface area contributed by atoms with E-state index in [1.807, 2.05) is 0 Å². The van der Waals surface area contributed by atoms with E-state index < -0.39 is 0 Å². The van der Waals surface area contributed by atoms with Crippen LogP contribution >= 0.6 is 12.4 Å². The van der Waals surface area contributed by atoms with Crippen LogP contribution in [-0.2, 0) is 4.74 Å². The zero-order chi connectivity index (χ0) is 8.10. The van der Waals surface area contributed by atoms with E-state index in [2.05, 4.69) is 6.92 Å². The summed E-state index contributed by atoms with van der Waals surface area (Å²) < 4.78 is 5.62. The van der Waals surface area contributed by atoms with Crippen LogP contribution in [-0.4, -0.2) is 18.8 Å². The summed E-state index contributed by atoms with van der Waals surface area (Å²) in [6.45, 7) is 3.04. The number of nitrogens with two attached hydrogens (primary N) is 1. The number of ether oxygens (including phenoxy) is 1. The van der Waals surface area contributed by atoms with Crippen molar-refractivity contribution in [2.24, 2.45) is 5.73 Å². The third-order valence-corrected chi connectivity index (χ3v) is 2.22. The van der Waals surface area contributed by atoms with Crippen molar-refractivity contribution >= 4 is 12.4 Å². The minimum absolute atomic E-state index is 0. The summed E-state index contributed by atoms with van der Waals surface area (Å²) in [7, 11) is 0. The predicted octanol–water partition coefficient (Wildman–Crippen LogP) is 2.10. The molecule has 2 atom stereocenters. The Labute approximate surface area is 81.3 Å². The molecule has 0 bridgehead atoms. The average Bonchev–Trinajstić information content (AvgIpc) is 2.01. The number of hydrogen-bond donors (Lipinski definition) is 1. The highest BCUT2D eigenvalue weighted by molar-refractivity contribution is 5.85. The molecule has 0 amide bonds. The van der Waals surface area contributed by atoms with Gasteiger partial charge in [-0.1, -0.05) is 6.92 Å². The summed E-state index contributed by atoms with van der Waals surface area (Å²) in [6, 6.07) is 0.394. The van der Waals surface area contributed by atoms with Gasteiger partial charge in [0.1, 0.15) is 0 Å². The Bertz CT molecular complexity index is 111. The van der Waals surface area contributed by atoms with Crippen molar-refractivity contribution < 1.29 is 4.74 Å². The number of hydrogen-bond acceptors (Lipinski definition) is 2. The molecule has 1 saturated carbocycles. The lowest BCUT2D eigenvalue weighted by Gasteiger charge is -2.26. The van der Waals surface area contributed by atoms with Crippen LogP contribution in [0.15, 0.2) is 0 Å². The molecule has 0 spiro atoms. The first-order valence-electron chi connectivity index (χ1n) is 4.70. The second-order valence-electron chi connectivity index (χ2n) is 3.42. The maximum Gasteiger partial charge on any atom is 0.0589 e. The first-order valence-corrected chi connectivity index (χ1v) is 4.70. The second-order valence-corrected chi connectivity index (χ2v) is 3.42. The molecule has 1 aliphatic rings. The van der Waals surface area contributed by atoms with Crippen molar-refractivity contribution in [3.8, 4) is 0 Å². The van der Waals surface area contributed by atoms with Crippen molar-refractivity contribution in [2.45, 2.75) is 51.2 Å². The molecule has 0 aromatic heterocycles. The van der Waals surface area contributed by atoms with Gasteiger partial charge in [0.2, 0.25) is 0 Å². The summed E-state index contributed by atoms with van der Waals surface area (Å²) in [4.78, 5) is 0. The smallest absolute Gasteiger partial charge is 0.0589 e. The summed E-state index contributed by atoms with van der Waals surface area (Å²) in [5, 5.41) is 0. The minimum Gasteiger partial charge on any atom is -0.378 e. The quantitative estimate of drug-likeness (QED) is 0.745. The molecule has 12 heavy (non-hydrogen) atoms. The molecule has 0 radical (unpaired) electrons. The first-order chi connectivity index (χ1) is 5.33. The van der Waals surface area contributed by atoms with Gasteiger partial charge in [-0.3, -0.25) is 0 Å². The molecule has 2 N–H and O–H groups in total. The van der Waals surface area contributed by atoms with Gasteiger partial charge < -0.3 is 10.5 Å². The van der Waals surface area contributed by atoms with Gasteiger partial charge in [-0.05, 0) is 32.1 Å². The maximum atomic E-state index is 5.82. The molecule has 2 nitrogen and oxygen atoms in total. The molecule has 3 heteroatoms. The Hall–Kier alpha value is 0.210. The zero-order valence-electron chi connectivity index (χ0n) is 7.79. The van der Waals surface area contributed by atoms with Crippen molar-refractivity contribution in [1.82, 2.24) is 0 Å². The molecule has 0 heterocycles. The summed E-state index contributed by atoms with van der Waals surface area (Å²) in [5.41, 5.74) is 5.82. The fourth-order valence-corrected chi connectivity index (χ4v) is 1.62. The van der Waals surface area contributed by atoms with E-state index in [0.29, 0.717) is 12.1 Å². The Kier molecular flexibility index (Phi) is 6.81. The molecule has 0 aliphatic heterocycles. The van der Waals surface area contributed by atoms with Gasteiger partial charge in [-0.15, -0.1) is 12.4 Å². The molecule has 1 aliphatic carbocycles. The largest absolute Gasteiger partial charge is 0.378 e. The Morgan fingerprint density at radius 3 is 2.75 bits per heavy atom. The van der Waals surface area contributed by atoms with Gasteiger partial charge in [0, 0.05) is 12.6 Å². The van der Waals surface area contributed by atoms with Gasteiger partial charge >= 0.3 is 0 Å². The lowest BCUT2D eigenvalue weighted by molar-refractivity contribution is 0.0240. The van der Waals surface area contributed by atoms with E-state index in [1.54, 1.807) is 0 Å². The molecule has 0 saturated heterocycles. The van der Waals surface area contributed by atoms with Crippen molar-refractivity contribution in [1.29, 1.82) is 0 Å². The van der Waals surface area contributed by atoms with Gasteiger partial charge in [-0.2, -0.15) is 0 Å². The molecule has 2 unspecified atom stereocenters. The van der Waals surface area contributed by atoms with Gasteiger partial charge in [0.05, 0.1) is 6.10 Å². The standard InChI is InChI=1S/C9H19NO.ClH/c1-2-6-11-9-5-3-4-8(10)7-9;/h8-9H,2-7,10H2,1H3;1H. The van der Waals surface area contributed by atoms with Crippen molar-refractivity contribution in [2.75, 3.05) is 6.61 Å². The van der Waals surface area contributed by atoms with Crippen LogP contribution in [0.2, 0.25) is 0 Å². The maximum absolute atomic E-state index is 5.82. The van der Waals surface area contributed by atoms with Gasteiger partial charge in [0.25, 0.3) is 0 Å². The summed E-state index contributed by atoms with van der Waals surface area (Å²) in [6.07, 6.45) is 6.29. The van der Waals surface area contributed by atoms with Crippen LogP contribution in [0.1, 0.15) is 39.0 Å². The molecular weight excluding hydrogens is 174 g/mol. The SMILES string of the molecule is CCCOC1CCCC(N)C1.Cl. The molecule has 74 valence electrons. The minimum atomic E-state index is 0. The van der Waals surface area contributed by atoms with E-state index in [1.165, 1.54) is 19.3 Å². The van der Waals surface area contributed by atoms with Crippen molar-refractivity contribution in [3.63, 3.8) is 0 Å². The summed E-state index contributed by atoms with van der Waals surface area (Å²) in [5.74, 6) is 0. The van der Waals surface area contributed by atoms with Crippen LogP contribution in [0, 0.1) is 0 Å². The third-order valence-electron chi connectivity index (χ3n) is 2.22. The lowest BCUT2D eigenvalue weighted by atomic mass is 9.94. The Balaban J connectivity index is 0.00000121. The van der Waals surface area contributed by atoms with E-state index in [0.717, 1.165) is 19.4 Å². The highest BCUT2D eigenvalue weighted by Gasteiger charge is 2.18. The van der Waals surface area contributed by atoms with Crippen LogP contribution in [0.4, 0.5) is 0 Å². The highest BCUT2D eigenvalue weighted by Crippen LogP contribution is 2.19. The predicted molar refractivity (Wildman–Crippen MR) is 53.7 cm³/mol. The molecule has 1 fully saturated rings. The third kappa shape index (κ3) is 4.29. The van der Waals surface area contributed by atoms with E-state index >= 15 is 0 Å². The monoisotopic (exact) mass is 193 g/mol. The van der Waals surface area contributed by atoms with E-state index in [-0.39, 0.29) is 12.4 Å². The topological polar surface area (TPSA) is 35.2 Å². The first kappa shape index (κ1) is 12.2. The van der Waals surface area contributed by atoms with Crippen molar-refractivity contribution in [3.05, 3.63) is 0 Å². The molecule has 0 aromatic carbocycles. The molecular formula is C9H20ClNO. The fraction of sp³-hybridized carbons (Fsp3) is 1.00. The number of halogens is 1.